The lowest BCUT2D eigenvalue weighted by molar-refractivity contribution is 0.251. The Labute approximate surface area is 104 Å². The summed E-state index contributed by atoms with van der Waals surface area (Å²) in [6.45, 7) is 2.51. The summed E-state index contributed by atoms with van der Waals surface area (Å²) in [5.41, 5.74) is -0.291. The molecule has 0 saturated carbocycles. The summed E-state index contributed by atoms with van der Waals surface area (Å²) in [4.78, 5) is 11.4. The average Bonchev–Trinajstić information content (AvgIpc) is 2.31. The Morgan fingerprint density at radius 3 is 2.72 bits per heavy atom. The summed E-state index contributed by atoms with van der Waals surface area (Å²) in [5.74, 6) is -2.76. The summed E-state index contributed by atoms with van der Waals surface area (Å²) in [7, 11) is 0. The largest absolute Gasteiger partial charge is 0.503 e. The van der Waals surface area contributed by atoms with E-state index in [4.69, 9.17) is 0 Å². The van der Waals surface area contributed by atoms with Gasteiger partial charge in [0.25, 0.3) is 0 Å². The quantitative estimate of drug-likeness (QED) is 0.561. The van der Waals surface area contributed by atoms with E-state index in [1.165, 1.54) is 0 Å². The highest BCUT2D eigenvalue weighted by Gasteiger charge is 2.12. The van der Waals surface area contributed by atoms with E-state index in [1.54, 1.807) is 0 Å². The number of carbonyl (C=O) groups is 1. The van der Waals surface area contributed by atoms with Crippen molar-refractivity contribution in [2.24, 2.45) is 0 Å². The van der Waals surface area contributed by atoms with Gasteiger partial charge in [-0.15, -0.1) is 0 Å². The second kappa shape index (κ2) is 6.78. The van der Waals surface area contributed by atoms with Gasteiger partial charge in [-0.05, 0) is 6.42 Å². The molecule has 0 aliphatic heterocycles. The summed E-state index contributed by atoms with van der Waals surface area (Å²) in [6, 6.07) is 0.787. The molecule has 0 aliphatic carbocycles. The molecule has 0 saturated heterocycles. The lowest BCUT2D eigenvalue weighted by Crippen LogP contribution is -2.29. The fraction of sp³-hybridized carbons (Fsp3) is 0.417. The van der Waals surface area contributed by atoms with Gasteiger partial charge in [0, 0.05) is 18.7 Å². The van der Waals surface area contributed by atoms with Crippen LogP contribution in [-0.2, 0) is 0 Å². The van der Waals surface area contributed by atoms with Gasteiger partial charge in [-0.2, -0.15) is 0 Å². The lowest BCUT2D eigenvalue weighted by atomic mass is 10.2. The van der Waals surface area contributed by atoms with Gasteiger partial charge >= 0.3 is 6.03 Å². The SMILES string of the molecule is CCCCCNC(=O)Nc1cc(F)cc(F)c1O. The zero-order valence-electron chi connectivity index (χ0n) is 10.1. The van der Waals surface area contributed by atoms with Crippen LogP contribution in [0.25, 0.3) is 0 Å². The first kappa shape index (κ1) is 14.2. The summed E-state index contributed by atoms with van der Waals surface area (Å²) in [5, 5.41) is 14.0. The molecule has 6 heteroatoms. The van der Waals surface area contributed by atoms with Crippen LogP contribution in [0.4, 0.5) is 19.3 Å². The van der Waals surface area contributed by atoms with E-state index in [0.717, 1.165) is 25.3 Å². The minimum atomic E-state index is -1.11. The van der Waals surface area contributed by atoms with Gasteiger partial charge in [-0.25, -0.2) is 13.6 Å². The van der Waals surface area contributed by atoms with Crippen LogP contribution in [0.2, 0.25) is 0 Å². The number of hydrogen-bond acceptors (Lipinski definition) is 2. The van der Waals surface area contributed by atoms with Crippen molar-refractivity contribution in [3.05, 3.63) is 23.8 Å². The summed E-state index contributed by atoms with van der Waals surface area (Å²) >= 11 is 0. The van der Waals surface area contributed by atoms with Crippen molar-refractivity contribution in [2.75, 3.05) is 11.9 Å². The van der Waals surface area contributed by atoms with Crippen LogP contribution in [0.5, 0.6) is 5.75 Å². The monoisotopic (exact) mass is 258 g/mol. The molecular weight excluding hydrogens is 242 g/mol. The third kappa shape index (κ3) is 4.20. The van der Waals surface area contributed by atoms with E-state index in [1.807, 2.05) is 6.92 Å². The predicted octanol–water partition coefficient (Wildman–Crippen LogP) is 2.98. The van der Waals surface area contributed by atoms with Gasteiger partial charge in [-0.3, -0.25) is 0 Å². The Bertz CT molecular complexity index is 425. The number of phenols is 1. The Morgan fingerprint density at radius 1 is 1.33 bits per heavy atom. The number of rotatable bonds is 5. The smallest absolute Gasteiger partial charge is 0.319 e. The van der Waals surface area contributed by atoms with Crippen LogP contribution in [0.3, 0.4) is 0 Å². The normalized spacial score (nSPS) is 10.2. The van der Waals surface area contributed by atoms with Crippen molar-refractivity contribution in [1.29, 1.82) is 0 Å². The van der Waals surface area contributed by atoms with Crippen LogP contribution < -0.4 is 10.6 Å². The molecule has 1 rings (SSSR count). The van der Waals surface area contributed by atoms with Crippen LogP contribution in [0.15, 0.2) is 12.1 Å². The molecule has 3 N–H and O–H groups in total. The molecule has 0 unspecified atom stereocenters. The average molecular weight is 258 g/mol. The molecule has 0 bridgehead atoms. The number of phenolic OH excluding ortho intramolecular Hbond substituents is 1. The van der Waals surface area contributed by atoms with E-state index < -0.39 is 23.4 Å². The Hall–Kier alpha value is -1.85. The maximum absolute atomic E-state index is 13.0. The molecular formula is C12H16F2N2O2. The second-order valence-corrected chi connectivity index (χ2v) is 3.87. The molecule has 100 valence electrons. The highest BCUT2D eigenvalue weighted by atomic mass is 19.1. The Balaban J connectivity index is 2.54. The lowest BCUT2D eigenvalue weighted by Gasteiger charge is -2.09. The molecule has 0 fully saturated rings. The van der Waals surface area contributed by atoms with E-state index in [2.05, 4.69) is 10.6 Å². The van der Waals surface area contributed by atoms with Crippen molar-refractivity contribution in [3.63, 3.8) is 0 Å². The standard InChI is InChI=1S/C12H16F2N2O2/c1-2-3-4-5-15-12(18)16-10-7-8(13)6-9(14)11(10)17/h6-7,17H,2-5H2,1H3,(H2,15,16,18). The molecule has 0 aliphatic rings. The van der Waals surface area contributed by atoms with Crippen LogP contribution in [-0.4, -0.2) is 17.7 Å². The van der Waals surface area contributed by atoms with Gasteiger partial charge in [0.05, 0.1) is 5.69 Å². The van der Waals surface area contributed by atoms with Gasteiger partial charge in [0.15, 0.2) is 11.6 Å². The molecule has 0 atom stereocenters. The highest BCUT2D eigenvalue weighted by molar-refractivity contribution is 5.90. The predicted molar refractivity (Wildman–Crippen MR) is 64.6 cm³/mol. The minimum Gasteiger partial charge on any atom is -0.503 e. The van der Waals surface area contributed by atoms with Gasteiger partial charge in [0.2, 0.25) is 0 Å². The molecule has 1 aromatic rings. The van der Waals surface area contributed by atoms with Gasteiger partial charge in [0.1, 0.15) is 5.82 Å². The number of urea groups is 1. The Kier molecular flexibility index (Phi) is 5.35. The number of hydrogen-bond donors (Lipinski definition) is 3. The minimum absolute atomic E-state index is 0.291. The molecule has 0 radical (unpaired) electrons. The van der Waals surface area contributed by atoms with Crippen molar-refractivity contribution in [2.45, 2.75) is 26.2 Å². The first-order valence-electron chi connectivity index (χ1n) is 5.77. The number of nitrogens with one attached hydrogen (secondary N) is 2. The first-order chi connectivity index (χ1) is 8.54. The molecule has 2 amide bonds. The third-order valence-corrected chi connectivity index (χ3v) is 2.34. The molecule has 0 spiro atoms. The number of aromatic hydroxyl groups is 1. The van der Waals surface area contributed by atoms with Crippen molar-refractivity contribution in [3.8, 4) is 5.75 Å². The van der Waals surface area contributed by atoms with Gasteiger partial charge < -0.3 is 15.7 Å². The third-order valence-electron chi connectivity index (χ3n) is 2.34. The first-order valence-corrected chi connectivity index (χ1v) is 5.77. The molecule has 4 nitrogen and oxygen atoms in total. The number of benzene rings is 1. The van der Waals surface area contributed by atoms with Crippen molar-refractivity contribution in [1.82, 2.24) is 5.32 Å². The Morgan fingerprint density at radius 2 is 2.06 bits per heavy atom. The summed E-state index contributed by atoms with van der Waals surface area (Å²) < 4.78 is 25.9. The van der Waals surface area contributed by atoms with Gasteiger partial charge in [-0.1, -0.05) is 19.8 Å². The summed E-state index contributed by atoms with van der Waals surface area (Å²) in [6.07, 6.45) is 2.84. The maximum Gasteiger partial charge on any atom is 0.319 e. The zero-order valence-corrected chi connectivity index (χ0v) is 10.1. The number of amides is 2. The number of anilines is 1. The topological polar surface area (TPSA) is 61.4 Å². The maximum atomic E-state index is 13.0. The second-order valence-electron chi connectivity index (χ2n) is 3.87. The van der Waals surface area contributed by atoms with E-state index in [0.29, 0.717) is 12.6 Å². The van der Waals surface area contributed by atoms with Crippen LogP contribution in [0.1, 0.15) is 26.2 Å². The van der Waals surface area contributed by atoms with Crippen LogP contribution >= 0.6 is 0 Å². The highest BCUT2D eigenvalue weighted by Crippen LogP contribution is 2.27. The van der Waals surface area contributed by atoms with E-state index >= 15 is 0 Å². The zero-order chi connectivity index (χ0) is 13.5. The molecule has 18 heavy (non-hydrogen) atoms. The van der Waals surface area contributed by atoms with E-state index in [-0.39, 0.29) is 5.69 Å². The number of halogens is 2. The molecule has 0 aromatic heterocycles. The fourth-order valence-electron chi connectivity index (χ4n) is 1.40. The molecule has 1 aromatic carbocycles. The van der Waals surface area contributed by atoms with Crippen LogP contribution in [0, 0.1) is 11.6 Å². The van der Waals surface area contributed by atoms with E-state index in [9.17, 15) is 18.7 Å². The van der Waals surface area contributed by atoms with Crippen molar-refractivity contribution < 1.29 is 18.7 Å². The molecule has 0 heterocycles. The fourth-order valence-corrected chi connectivity index (χ4v) is 1.40. The van der Waals surface area contributed by atoms with Crippen molar-refractivity contribution >= 4 is 11.7 Å². The number of carbonyl (C=O) groups excluding carboxylic acids is 1. The number of unbranched alkanes of at least 4 members (excludes halogenated alkanes) is 2.